The number of benzene rings is 2. The van der Waals surface area contributed by atoms with E-state index in [1.807, 2.05) is 30.3 Å². The first-order chi connectivity index (χ1) is 14.0. The Hall–Kier alpha value is -3.04. The van der Waals surface area contributed by atoms with Crippen molar-refractivity contribution in [1.82, 2.24) is 10.4 Å². The number of rotatable bonds is 2. The Labute approximate surface area is 171 Å². The summed E-state index contributed by atoms with van der Waals surface area (Å²) in [6.07, 6.45) is 2.87. The van der Waals surface area contributed by atoms with Crippen LogP contribution in [0.4, 0.5) is 10.5 Å². The lowest BCUT2D eigenvalue weighted by molar-refractivity contribution is -0.0677. The zero-order chi connectivity index (χ0) is 20.6. The average Bonchev–Trinajstić information content (AvgIpc) is 2.85. The summed E-state index contributed by atoms with van der Waals surface area (Å²) in [6.45, 7) is 3.00. The Balaban J connectivity index is 1.97. The van der Waals surface area contributed by atoms with Gasteiger partial charge in [-0.1, -0.05) is 31.2 Å². The van der Waals surface area contributed by atoms with Gasteiger partial charge in [0.2, 0.25) is 0 Å². The minimum absolute atomic E-state index is 0.106. The van der Waals surface area contributed by atoms with E-state index in [1.165, 1.54) is 17.7 Å². The van der Waals surface area contributed by atoms with Crippen LogP contribution in [0.2, 0.25) is 0 Å². The molecule has 1 fully saturated rings. The molecule has 0 aliphatic carbocycles. The minimum Gasteiger partial charge on any atom is -0.345 e. The van der Waals surface area contributed by atoms with Crippen molar-refractivity contribution in [2.75, 3.05) is 25.6 Å². The zero-order valence-electron chi connectivity index (χ0n) is 17.1. The van der Waals surface area contributed by atoms with Gasteiger partial charge in [-0.2, -0.15) is 5.26 Å². The molecule has 1 N–H and O–H groups in total. The zero-order valence-corrected chi connectivity index (χ0v) is 17.1. The maximum absolute atomic E-state index is 12.9. The van der Waals surface area contributed by atoms with Crippen LogP contribution in [0.5, 0.6) is 0 Å². The highest BCUT2D eigenvalue weighted by Crippen LogP contribution is 2.48. The Morgan fingerprint density at radius 2 is 2.07 bits per heavy atom. The molecule has 2 aliphatic heterocycles. The average molecular weight is 390 g/mol. The van der Waals surface area contributed by atoms with Gasteiger partial charge in [-0.25, -0.2) is 9.86 Å². The lowest BCUT2D eigenvalue weighted by atomic mass is 9.83. The number of fused-ring (bicyclic) bond motifs is 5. The van der Waals surface area contributed by atoms with Crippen LogP contribution >= 0.6 is 0 Å². The molecule has 29 heavy (non-hydrogen) atoms. The molecule has 6 heteroatoms. The number of carbonyl (C=O) groups is 1. The van der Waals surface area contributed by atoms with Gasteiger partial charge in [-0.3, -0.25) is 4.84 Å². The second-order valence-electron chi connectivity index (χ2n) is 7.77. The Morgan fingerprint density at radius 1 is 1.28 bits per heavy atom. The number of nitrogens with one attached hydrogen (secondary N) is 1. The Morgan fingerprint density at radius 3 is 2.83 bits per heavy atom. The van der Waals surface area contributed by atoms with Gasteiger partial charge >= 0.3 is 6.03 Å². The van der Waals surface area contributed by atoms with E-state index in [1.54, 1.807) is 7.05 Å². The van der Waals surface area contributed by atoms with Crippen LogP contribution in [0, 0.1) is 11.3 Å². The topological polar surface area (TPSA) is 68.6 Å². The van der Waals surface area contributed by atoms with Crippen molar-refractivity contribution in [1.29, 1.82) is 5.26 Å². The molecule has 0 spiro atoms. The lowest BCUT2D eigenvalue weighted by Gasteiger charge is -2.49. The molecular weight excluding hydrogens is 364 g/mol. The molecule has 0 bridgehead atoms. The monoisotopic (exact) mass is 390 g/mol. The molecule has 150 valence electrons. The van der Waals surface area contributed by atoms with E-state index >= 15 is 0 Å². The summed E-state index contributed by atoms with van der Waals surface area (Å²) in [5.74, 6) is 0.106. The molecular formula is C23H26N4O2. The van der Waals surface area contributed by atoms with Crippen molar-refractivity contribution in [3.63, 3.8) is 0 Å². The molecule has 0 aromatic heterocycles. The number of piperidine rings is 1. The van der Waals surface area contributed by atoms with Crippen molar-refractivity contribution in [2.24, 2.45) is 0 Å². The predicted octanol–water partition coefficient (Wildman–Crippen LogP) is 4.07. The number of hydrogen-bond acceptors (Lipinski definition) is 4. The number of urea groups is 1. The fourth-order valence-electron chi connectivity index (χ4n) is 4.75. The fourth-order valence-corrected chi connectivity index (χ4v) is 4.75. The molecule has 6 nitrogen and oxygen atoms in total. The lowest BCUT2D eigenvalue weighted by Crippen LogP contribution is -2.62. The molecule has 2 atom stereocenters. The number of nitrogens with zero attached hydrogens (tertiary/aromatic N) is 3. The van der Waals surface area contributed by atoms with Crippen molar-refractivity contribution in [2.45, 2.75) is 37.8 Å². The summed E-state index contributed by atoms with van der Waals surface area (Å²) in [5, 5.41) is 14.0. The molecule has 2 amide bonds. The third kappa shape index (κ3) is 3.02. The van der Waals surface area contributed by atoms with E-state index in [4.69, 9.17) is 4.84 Å². The van der Waals surface area contributed by atoms with E-state index in [2.05, 4.69) is 35.3 Å². The van der Waals surface area contributed by atoms with Crippen molar-refractivity contribution in [3.05, 3.63) is 64.7 Å². The molecule has 2 heterocycles. The summed E-state index contributed by atoms with van der Waals surface area (Å²) >= 11 is 0. The summed E-state index contributed by atoms with van der Waals surface area (Å²) < 4.78 is 0. The molecule has 0 radical (unpaired) electrons. The summed E-state index contributed by atoms with van der Waals surface area (Å²) in [7, 11) is 3.09. The van der Waals surface area contributed by atoms with Crippen LogP contribution in [0.3, 0.4) is 0 Å². The number of amides is 2. The van der Waals surface area contributed by atoms with Crippen molar-refractivity contribution in [3.8, 4) is 6.07 Å². The van der Waals surface area contributed by atoms with Crippen LogP contribution in [0.15, 0.2) is 42.5 Å². The van der Waals surface area contributed by atoms with Gasteiger partial charge in [-0.15, -0.1) is 0 Å². The Kier molecular flexibility index (Phi) is 4.93. The van der Waals surface area contributed by atoms with E-state index in [0.717, 1.165) is 42.6 Å². The number of anilines is 1. The van der Waals surface area contributed by atoms with Crippen LogP contribution in [0.1, 0.15) is 54.4 Å². The minimum atomic E-state index is -0.660. The quantitative estimate of drug-likeness (QED) is 0.785. The number of carbonyl (C=O) groups excluding carboxylic acids is 1. The van der Waals surface area contributed by atoms with Crippen molar-refractivity contribution >= 4 is 11.7 Å². The Bertz CT molecular complexity index is 983. The van der Waals surface area contributed by atoms with Crippen LogP contribution < -0.4 is 10.2 Å². The van der Waals surface area contributed by atoms with Gasteiger partial charge in [-0.05, 0) is 48.6 Å². The van der Waals surface area contributed by atoms with Crippen molar-refractivity contribution < 1.29 is 9.63 Å². The van der Waals surface area contributed by atoms with Gasteiger partial charge in [0, 0.05) is 30.8 Å². The SMILES string of the molecule is CON(C)C(=O)NC12CCCCN1c1ccc(C#N)cc1C(C)c1ccccc12. The summed E-state index contributed by atoms with van der Waals surface area (Å²) in [5.41, 5.74) is 4.48. The second kappa shape index (κ2) is 7.41. The smallest absolute Gasteiger partial charge is 0.343 e. The fraction of sp³-hybridized carbons (Fsp3) is 0.391. The molecule has 2 aromatic rings. The maximum atomic E-state index is 12.9. The normalized spacial score (nSPS) is 22.4. The molecule has 1 saturated heterocycles. The highest BCUT2D eigenvalue weighted by Gasteiger charge is 2.47. The third-order valence-electron chi connectivity index (χ3n) is 6.29. The van der Waals surface area contributed by atoms with E-state index < -0.39 is 5.66 Å². The molecule has 2 aromatic carbocycles. The first-order valence-electron chi connectivity index (χ1n) is 10.0. The standard InChI is InChI=1S/C23H26N4O2/c1-16-18-8-4-5-9-20(18)23(25-22(28)26(2)29-3)12-6-7-13-27(23)21-11-10-17(15-24)14-19(16)21/h4-5,8-11,14,16H,6-7,12-13H2,1-3H3,(H,25,28). The number of nitriles is 1. The molecule has 2 unspecified atom stereocenters. The third-order valence-corrected chi connectivity index (χ3v) is 6.29. The van der Waals surface area contributed by atoms with Gasteiger partial charge in [0.25, 0.3) is 0 Å². The summed E-state index contributed by atoms with van der Waals surface area (Å²) in [4.78, 5) is 20.4. The van der Waals surface area contributed by atoms with Gasteiger partial charge in [0.05, 0.1) is 18.7 Å². The second-order valence-corrected chi connectivity index (χ2v) is 7.77. The first-order valence-corrected chi connectivity index (χ1v) is 10.0. The molecule has 0 saturated carbocycles. The van der Waals surface area contributed by atoms with Crippen LogP contribution in [0.25, 0.3) is 0 Å². The van der Waals surface area contributed by atoms with E-state index in [-0.39, 0.29) is 11.9 Å². The van der Waals surface area contributed by atoms with Crippen LogP contribution in [-0.2, 0) is 10.5 Å². The largest absolute Gasteiger partial charge is 0.345 e. The highest BCUT2D eigenvalue weighted by atomic mass is 16.7. The van der Waals surface area contributed by atoms with Gasteiger partial charge in [0.1, 0.15) is 5.66 Å². The summed E-state index contributed by atoms with van der Waals surface area (Å²) in [6, 6.07) is 16.2. The van der Waals surface area contributed by atoms with E-state index in [0.29, 0.717) is 5.56 Å². The number of hydroxylamine groups is 2. The van der Waals surface area contributed by atoms with Gasteiger partial charge in [0.15, 0.2) is 0 Å². The highest BCUT2D eigenvalue weighted by molar-refractivity contribution is 5.76. The molecule has 2 aliphatic rings. The number of hydrogen-bond donors (Lipinski definition) is 1. The predicted molar refractivity (Wildman–Crippen MR) is 111 cm³/mol. The first kappa shape index (κ1) is 19.3. The van der Waals surface area contributed by atoms with Crippen LogP contribution in [-0.4, -0.2) is 31.8 Å². The van der Waals surface area contributed by atoms with Gasteiger partial charge < -0.3 is 10.2 Å². The van der Waals surface area contributed by atoms with E-state index in [9.17, 15) is 10.1 Å². The molecule has 4 rings (SSSR count). The maximum Gasteiger partial charge on any atom is 0.343 e.